The lowest BCUT2D eigenvalue weighted by atomic mass is 9.72. The quantitative estimate of drug-likeness (QED) is 0.270. The first-order chi connectivity index (χ1) is 15.5. The van der Waals surface area contributed by atoms with Crippen LogP contribution < -0.4 is 4.90 Å². The molecule has 10 heteroatoms. The zero-order chi connectivity index (χ0) is 24.1. The molecule has 0 unspecified atom stereocenters. The second kappa shape index (κ2) is 7.80. The Hall–Kier alpha value is -3.53. The van der Waals surface area contributed by atoms with Gasteiger partial charge in [-0.15, -0.1) is 0 Å². The zero-order valence-electron chi connectivity index (χ0n) is 18.5. The number of benzene rings is 1. The van der Waals surface area contributed by atoms with Gasteiger partial charge in [-0.25, -0.2) is 9.69 Å². The summed E-state index contributed by atoms with van der Waals surface area (Å²) < 4.78 is 21.5. The van der Waals surface area contributed by atoms with Gasteiger partial charge in [0.15, 0.2) is 5.60 Å². The van der Waals surface area contributed by atoms with Crippen molar-refractivity contribution >= 4 is 35.4 Å². The average Bonchev–Trinajstić information content (AvgIpc) is 3.33. The van der Waals surface area contributed by atoms with E-state index in [0.29, 0.717) is 0 Å². The molecular weight excluding hydrogens is 434 g/mol. The third kappa shape index (κ3) is 3.41. The Balaban J connectivity index is 1.71. The van der Waals surface area contributed by atoms with Crippen LogP contribution in [0.1, 0.15) is 38.1 Å². The van der Waals surface area contributed by atoms with Crippen molar-refractivity contribution in [3.8, 4) is 0 Å². The molecule has 0 saturated carbocycles. The van der Waals surface area contributed by atoms with Gasteiger partial charge in [0.2, 0.25) is 11.8 Å². The van der Waals surface area contributed by atoms with Gasteiger partial charge in [-0.2, -0.15) is 0 Å². The highest BCUT2D eigenvalue weighted by atomic mass is 16.7. The van der Waals surface area contributed by atoms with Crippen molar-refractivity contribution < 1.29 is 42.9 Å². The monoisotopic (exact) mass is 457 g/mol. The number of hydrogen-bond donors (Lipinski definition) is 0. The van der Waals surface area contributed by atoms with Crippen molar-refractivity contribution in [2.45, 2.75) is 45.2 Å². The van der Waals surface area contributed by atoms with E-state index in [-0.39, 0.29) is 17.9 Å². The van der Waals surface area contributed by atoms with Crippen LogP contribution in [0.5, 0.6) is 0 Å². The summed E-state index contributed by atoms with van der Waals surface area (Å²) in [5.41, 5.74) is -2.28. The molecule has 1 aromatic carbocycles. The van der Waals surface area contributed by atoms with Crippen molar-refractivity contribution in [1.29, 1.82) is 0 Å². The summed E-state index contributed by atoms with van der Waals surface area (Å²) in [4.78, 5) is 63.3. The predicted molar refractivity (Wildman–Crippen MR) is 111 cm³/mol. The van der Waals surface area contributed by atoms with Gasteiger partial charge in [-0.3, -0.25) is 19.2 Å². The summed E-state index contributed by atoms with van der Waals surface area (Å²) in [6, 6.07) is 5.88. The summed E-state index contributed by atoms with van der Waals surface area (Å²) in [5.74, 6) is -5.12. The molecule has 10 nitrogen and oxygen atoms in total. The molecule has 2 fully saturated rings. The molecule has 0 N–H and O–H groups in total. The Morgan fingerprint density at radius 2 is 1.58 bits per heavy atom. The fourth-order valence-corrected chi connectivity index (χ4v) is 4.78. The maximum absolute atomic E-state index is 13.6. The van der Waals surface area contributed by atoms with Gasteiger partial charge in [-0.05, 0) is 44.2 Å². The minimum Gasteiger partial charge on any atom is -0.462 e. The van der Waals surface area contributed by atoms with Crippen molar-refractivity contribution in [2.75, 3.05) is 11.5 Å². The SMILES string of the molecule is CCOC(=O)c1ccc(N2C(=O)[C@@H]3[C@H](C2=O)[C@@]2(C(OC(C)=O)OC(C)=O)C=C[C@@]3(C)O2)cc1. The van der Waals surface area contributed by atoms with Gasteiger partial charge >= 0.3 is 17.9 Å². The third-order valence-corrected chi connectivity index (χ3v) is 6.03. The smallest absolute Gasteiger partial charge is 0.338 e. The molecule has 0 aromatic heterocycles. The van der Waals surface area contributed by atoms with Crippen molar-refractivity contribution in [1.82, 2.24) is 0 Å². The summed E-state index contributed by atoms with van der Waals surface area (Å²) >= 11 is 0. The van der Waals surface area contributed by atoms with Crippen LogP contribution in [-0.2, 0) is 38.1 Å². The number of anilines is 1. The van der Waals surface area contributed by atoms with Gasteiger partial charge in [-0.1, -0.05) is 6.08 Å². The Morgan fingerprint density at radius 3 is 2.12 bits per heavy atom. The molecule has 2 amide bonds. The summed E-state index contributed by atoms with van der Waals surface area (Å²) in [6.45, 7) is 5.82. The van der Waals surface area contributed by atoms with Crippen LogP contribution in [0.25, 0.3) is 0 Å². The van der Waals surface area contributed by atoms with Crippen LogP contribution >= 0.6 is 0 Å². The summed E-state index contributed by atoms with van der Waals surface area (Å²) in [7, 11) is 0. The van der Waals surface area contributed by atoms with Crippen molar-refractivity contribution in [3.63, 3.8) is 0 Å². The number of carbonyl (C=O) groups is 5. The number of hydrogen-bond acceptors (Lipinski definition) is 9. The highest BCUT2D eigenvalue weighted by Gasteiger charge is 2.75. The fraction of sp³-hybridized carbons (Fsp3) is 0.435. The van der Waals surface area contributed by atoms with E-state index < -0.39 is 59.1 Å². The Kier molecular flexibility index (Phi) is 5.36. The molecule has 33 heavy (non-hydrogen) atoms. The van der Waals surface area contributed by atoms with E-state index in [1.807, 2.05) is 0 Å². The molecule has 3 aliphatic heterocycles. The van der Waals surface area contributed by atoms with E-state index in [9.17, 15) is 24.0 Å². The molecule has 4 rings (SSSR count). The lowest BCUT2D eigenvalue weighted by Gasteiger charge is -2.34. The number of carbonyl (C=O) groups excluding carboxylic acids is 5. The number of nitrogens with zero attached hydrogens (tertiary/aromatic N) is 1. The standard InChI is InChI=1S/C23H23NO9/c1-5-30-20(29)14-6-8-15(9-7-14)24-18(27)16-17(19(24)28)23(11-10-22(16,4)33-23)21(31-12(2)25)32-13(3)26/h6-11,16-17,21H,5H2,1-4H3/t16-,17+,22+,23+/m0/s1. The number of esters is 3. The third-order valence-electron chi connectivity index (χ3n) is 6.03. The molecule has 1 aromatic rings. The van der Waals surface area contributed by atoms with Gasteiger partial charge < -0.3 is 18.9 Å². The van der Waals surface area contributed by atoms with E-state index in [4.69, 9.17) is 18.9 Å². The normalized spacial score (nSPS) is 29.4. The van der Waals surface area contributed by atoms with Crippen LogP contribution in [0.2, 0.25) is 0 Å². The number of fused-ring (bicyclic) bond motifs is 5. The topological polar surface area (TPSA) is 126 Å². The van der Waals surface area contributed by atoms with Gasteiger partial charge in [0, 0.05) is 13.8 Å². The number of amides is 2. The van der Waals surface area contributed by atoms with E-state index in [1.54, 1.807) is 19.9 Å². The number of imide groups is 1. The van der Waals surface area contributed by atoms with Crippen LogP contribution in [0.15, 0.2) is 36.4 Å². The molecular formula is C23H23NO9. The average molecular weight is 457 g/mol. The first-order valence-electron chi connectivity index (χ1n) is 10.4. The van der Waals surface area contributed by atoms with Crippen molar-refractivity contribution in [2.24, 2.45) is 11.8 Å². The maximum atomic E-state index is 13.6. The van der Waals surface area contributed by atoms with Crippen LogP contribution in [-0.4, -0.2) is 53.8 Å². The van der Waals surface area contributed by atoms with Crippen LogP contribution in [0.3, 0.4) is 0 Å². The predicted octanol–water partition coefficient (Wildman–Crippen LogP) is 1.52. The Labute approximate surface area is 189 Å². The first-order valence-corrected chi connectivity index (χ1v) is 10.4. The lowest BCUT2D eigenvalue weighted by molar-refractivity contribution is -0.231. The van der Waals surface area contributed by atoms with Crippen molar-refractivity contribution in [3.05, 3.63) is 42.0 Å². The Morgan fingerprint density at radius 1 is 1.00 bits per heavy atom. The van der Waals surface area contributed by atoms with Gasteiger partial charge in [0.05, 0.1) is 35.3 Å². The molecule has 4 atom stereocenters. The number of rotatable bonds is 6. The molecule has 174 valence electrons. The maximum Gasteiger partial charge on any atom is 0.338 e. The number of ether oxygens (including phenoxy) is 4. The van der Waals surface area contributed by atoms with Crippen LogP contribution in [0, 0.1) is 11.8 Å². The minimum absolute atomic E-state index is 0.215. The largest absolute Gasteiger partial charge is 0.462 e. The molecule has 3 heterocycles. The molecule has 2 bridgehead atoms. The highest BCUT2D eigenvalue weighted by molar-refractivity contribution is 6.23. The second-order valence-corrected chi connectivity index (χ2v) is 8.26. The molecule has 3 aliphatic rings. The van der Waals surface area contributed by atoms with E-state index in [0.717, 1.165) is 18.7 Å². The van der Waals surface area contributed by atoms with E-state index >= 15 is 0 Å². The highest BCUT2D eigenvalue weighted by Crippen LogP contribution is 2.59. The summed E-state index contributed by atoms with van der Waals surface area (Å²) in [6.07, 6.45) is 1.58. The van der Waals surface area contributed by atoms with Gasteiger partial charge in [0.1, 0.15) is 0 Å². The zero-order valence-corrected chi connectivity index (χ0v) is 18.5. The van der Waals surface area contributed by atoms with E-state index in [2.05, 4.69) is 0 Å². The Bertz CT molecular complexity index is 1060. The van der Waals surface area contributed by atoms with Crippen LogP contribution in [0.4, 0.5) is 5.69 Å². The lowest BCUT2D eigenvalue weighted by Crippen LogP contribution is -2.52. The van der Waals surface area contributed by atoms with Gasteiger partial charge in [0.25, 0.3) is 6.29 Å². The molecule has 2 saturated heterocycles. The fourth-order valence-electron chi connectivity index (χ4n) is 4.78. The first kappa shape index (κ1) is 22.7. The van der Waals surface area contributed by atoms with E-state index in [1.165, 1.54) is 30.3 Å². The minimum atomic E-state index is -1.65. The summed E-state index contributed by atoms with van der Waals surface area (Å²) in [5, 5.41) is 0. The second-order valence-electron chi connectivity index (χ2n) is 8.26. The molecule has 0 spiro atoms. The molecule has 0 aliphatic carbocycles. The molecule has 0 radical (unpaired) electrons.